The van der Waals surface area contributed by atoms with Gasteiger partial charge in [-0.25, -0.2) is 13.5 Å². The predicted octanol–water partition coefficient (Wildman–Crippen LogP) is 4.78. The van der Waals surface area contributed by atoms with E-state index in [0.717, 1.165) is 17.3 Å². The Balaban J connectivity index is 1.75. The molecule has 39 heavy (non-hydrogen) atoms. The SMILES string of the molecule is Cc1cccc(-n2nc(C(C)(C)C)c3c2N(CC(=O)N2CCOCC2)C(=O)CS[C@@H]3c2ccc(F)cc2F)c1. The van der Waals surface area contributed by atoms with Gasteiger partial charge in [0.15, 0.2) is 0 Å². The zero-order chi connectivity index (χ0) is 27.9. The molecule has 0 bridgehead atoms. The molecule has 0 saturated carbocycles. The Morgan fingerprint density at radius 1 is 1.13 bits per heavy atom. The number of carbonyl (C=O) groups is 2. The topological polar surface area (TPSA) is 67.7 Å². The number of rotatable bonds is 4. The Hall–Kier alpha value is -3.24. The standard InChI is InChI=1S/C29H32F2N4O3S/c1-18-6-5-7-20(14-18)35-28-25(27(32-35)29(2,3)4)26(21-9-8-19(30)15-22(21)31)39-17-24(37)34(28)16-23(36)33-10-12-38-13-11-33/h5-9,14-15,26H,10-13,16-17H2,1-4H3/t26-/m1/s1. The van der Waals surface area contributed by atoms with Crippen molar-refractivity contribution in [3.05, 3.63) is 76.5 Å². The number of hydrogen-bond acceptors (Lipinski definition) is 5. The fraction of sp³-hybridized carbons (Fsp3) is 0.414. The summed E-state index contributed by atoms with van der Waals surface area (Å²) in [5, 5.41) is 4.37. The molecule has 1 saturated heterocycles. The average molecular weight is 555 g/mol. The third kappa shape index (κ3) is 5.45. The van der Waals surface area contributed by atoms with Gasteiger partial charge in [-0.1, -0.05) is 39.0 Å². The van der Waals surface area contributed by atoms with Crippen LogP contribution in [0.25, 0.3) is 5.69 Å². The quantitative estimate of drug-likeness (QED) is 0.464. The average Bonchev–Trinajstić information content (AvgIpc) is 3.23. The molecule has 1 fully saturated rings. The summed E-state index contributed by atoms with van der Waals surface area (Å²) in [5.74, 6) is -1.37. The number of aryl methyl sites for hydroxylation is 1. The van der Waals surface area contributed by atoms with E-state index in [1.165, 1.54) is 28.8 Å². The van der Waals surface area contributed by atoms with Gasteiger partial charge >= 0.3 is 0 Å². The minimum absolute atomic E-state index is 0.0178. The first kappa shape index (κ1) is 27.3. The highest BCUT2D eigenvalue weighted by Gasteiger charge is 2.41. The third-order valence-electron chi connectivity index (χ3n) is 6.95. The van der Waals surface area contributed by atoms with E-state index < -0.39 is 22.3 Å². The maximum atomic E-state index is 15.3. The largest absolute Gasteiger partial charge is 0.378 e. The van der Waals surface area contributed by atoms with Crippen molar-refractivity contribution in [2.45, 2.75) is 38.4 Å². The van der Waals surface area contributed by atoms with Gasteiger partial charge in [-0.2, -0.15) is 5.10 Å². The summed E-state index contributed by atoms with van der Waals surface area (Å²) >= 11 is 1.26. The minimum atomic E-state index is -0.688. The Morgan fingerprint density at radius 2 is 1.87 bits per heavy atom. The molecule has 0 N–H and O–H groups in total. The monoisotopic (exact) mass is 554 g/mol. The van der Waals surface area contributed by atoms with Crippen LogP contribution in [0.2, 0.25) is 0 Å². The first-order chi connectivity index (χ1) is 18.5. The molecular weight excluding hydrogens is 522 g/mol. The number of aromatic nitrogens is 2. The number of amides is 2. The van der Waals surface area contributed by atoms with Gasteiger partial charge in [0, 0.05) is 35.7 Å². The third-order valence-corrected chi connectivity index (χ3v) is 8.18. The molecule has 2 aromatic carbocycles. The van der Waals surface area contributed by atoms with Crippen LogP contribution >= 0.6 is 11.8 Å². The highest BCUT2D eigenvalue weighted by atomic mass is 32.2. The molecule has 7 nitrogen and oxygen atoms in total. The Labute approximate surface area is 231 Å². The van der Waals surface area contributed by atoms with Gasteiger partial charge in [-0.3, -0.25) is 14.5 Å². The first-order valence-electron chi connectivity index (χ1n) is 13.0. The lowest BCUT2D eigenvalue weighted by Crippen LogP contribution is -2.48. The van der Waals surface area contributed by atoms with Gasteiger partial charge in [0.25, 0.3) is 0 Å². The van der Waals surface area contributed by atoms with E-state index in [1.54, 1.807) is 9.58 Å². The van der Waals surface area contributed by atoms with Crippen LogP contribution in [-0.4, -0.2) is 65.1 Å². The zero-order valence-corrected chi connectivity index (χ0v) is 23.4. The molecule has 1 atom stereocenters. The van der Waals surface area contributed by atoms with Gasteiger partial charge < -0.3 is 9.64 Å². The predicted molar refractivity (Wildman–Crippen MR) is 147 cm³/mol. The van der Waals surface area contributed by atoms with E-state index >= 15 is 4.39 Å². The molecule has 3 heterocycles. The van der Waals surface area contributed by atoms with Crippen LogP contribution in [0.3, 0.4) is 0 Å². The lowest BCUT2D eigenvalue weighted by Gasteiger charge is -2.30. The van der Waals surface area contributed by atoms with Crippen molar-refractivity contribution in [3.63, 3.8) is 0 Å². The van der Waals surface area contributed by atoms with Crippen molar-refractivity contribution in [1.82, 2.24) is 14.7 Å². The number of thioether (sulfide) groups is 1. The highest BCUT2D eigenvalue weighted by molar-refractivity contribution is 8.00. The summed E-state index contributed by atoms with van der Waals surface area (Å²) < 4.78 is 36.3. The fourth-order valence-electron chi connectivity index (χ4n) is 5.02. The normalized spacial score (nSPS) is 18.2. The second kappa shape index (κ2) is 10.7. The van der Waals surface area contributed by atoms with E-state index in [1.807, 2.05) is 52.0 Å². The van der Waals surface area contributed by atoms with Crippen LogP contribution in [-0.2, 0) is 19.7 Å². The van der Waals surface area contributed by atoms with Gasteiger partial charge in [0.1, 0.15) is 24.0 Å². The number of nitrogens with zero attached hydrogens (tertiary/aromatic N) is 4. The Bertz CT molecular complexity index is 1410. The molecule has 0 aliphatic carbocycles. The summed E-state index contributed by atoms with van der Waals surface area (Å²) in [6.45, 7) is 9.62. The number of carbonyl (C=O) groups excluding carboxylic acids is 2. The van der Waals surface area contributed by atoms with Crippen molar-refractivity contribution >= 4 is 29.4 Å². The lowest BCUT2D eigenvalue weighted by atomic mass is 9.87. The Morgan fingerprint density at radius 3 is 2.54 bits per heavy atom. The maximum absolute atomic E-state index is 15.3. The maximum Gasteiger partial charge on any atom is 0.242 e. The number of anilines is 1. The summed E-state index contributed by atoms with van der Waals surface area (Å²) in [7, 11) is 0. The van der Waals surface area contributed by atoms with Crippen molar-refractivity contribution in [2.75, 3.05) is 43.5 Å². The summed E-state index contributed by atoms with van der Waals surface area (Å²) in [5.41, 5.74) is 2.84. The van der Waals surface area contributed by atoms with Crippen LogP contribution in [0.15, 0.2) is 42.5 Å². The van der Waals surface area contributed by atoms with Crippen molar-refractivity contribution in [3.8, 4) is 5.69 Å². The van der Waals surface area contributed by atoms with Crippen LogP contribution in [0.5, 0.6) is 0 Å². The van der Waals surface area contributed by atoms with Crippen molar-refractivity contribution in [2.24, 2.45) is 0 Å². The van der Waals surface area contributed by atoms with Crippen molar-refractivity contribution < 1.29 is 23.1 Å². The van der Waals surface area contributed by atoms with Gasteiger partial charge in [0.05, 0.1) is 35.6 Å². The molecule has 0 unspecified atom stereocenters. The molecule has 2 aliphatic heterocycles. The number of morpholine rings is 1. The van der Waals surface area contributed by atoms with E-state index in [-0.39, 0.29) is 29.7 Å². The molecule has 2 aliphatic rings. The van der Waals surface area contributed by atoms with E-state index in [2.05, 4.69) is 0 Å². The molecule has 2 amide bonds. The molecule has 206 valence electrons. The van der Waals surface area contributed by atoms with Gasteiger partial charge in [-0.05, 0) is 30.7 Å². The summed E-state index contributed by atoms with van der Waals surface area (Å²) in [6, 6.07) is 11.2. The molecule has 1 aromatic heterocycles. The van der Waals surface area contributed by atoms with E-state index in [0.29, 0.717) is 43.4 Å². The number of ether oxygens (including phenoxy) is 1. The van der Waals surface area contributed by atoms with Crippen LogP contribution in [0.4, 0.5) is 14.6 Å². The minimum Gasteiger partial charge on any atom is -0.378 e. The molecular formula is C29H32F2N4O3S. The first-order valence-corrected chi connectivity index (χ1v) is 14.0. The highest BCUT2D eigenvalue weighted by Crippen LogP contribution is 2.49. The molecule has 10 heteroatoms. The zero-order valence-electron chi connectivity index (χ0n) is 22.5. The molecule has 0 radical (unpaired) electrons. The number of hydrogen-bond donors (Lipinski definition) is 0. The van der Waals surface area contributed by atoms with Gasteiger partial charge in [-0.15, -0.1) is 11.8 Å². The molecule has 3 aromatic rings. The number of halogens is 2. The summed E-state index contributed by atoms with van der Waals surface area (Å²) in [4.78, 5) is 30.3. The fourth-order valence-corrected chi connectivity index (χ4v) is 6.24. The molecule has 0 spiro atoms. The van der Waals surface area contributed by atoms with E-state index in [9.17, 15) is 14.0 Å². The van der Waals surface area contributed by atoms with Crippen molar-refractivity contribution in [1.29, 1.82) is 0 Å². The Kier molecular flexibility index (Phi) is 7.52. The summed E-state index contributed by atoms with van der Waals surface area (Å²) in [6.07, 6.45) is 0. The van der Waals surface area contributed by atoms with Crippen LogP contribution in [0.1, 0.15) is 48.4 Å². The lowest BCUT2D eigenvalue weighted by molar-refractivity contribution is -0.134. The van der Waals surface area contributed by atoms with E-state index in [4.69, 9.17) is 9.84 Å². The number of benzene rings is 2. The smallest absolute Gasteiger partial charge is 0.242 e. The second-order valence-electron chi connectivity index (χ2n) is 10.9. The number of fused-ring (bicyclic) bond motifs is 1. The molecule has 5 rings (SSSR count). The van der Waals surface area contributed by atoms with Crippen LogP contribution < -0.4 is 4.90 Å². The van der Waals surface area contributed by atoms with Crippen LogP contribution in [0, 0.1) is 18.6 Å². The second-order valence-corrected chi connectivity index (χ2v) is 12.0. The van der Waals surface area contributed by atoms with Gasteiger partial charge in [0.2, 0.25) is 11.8 Å².